The highest BCUT2D eigenvalue weighted by Crippen LogP contribution is 2.42. The summed E-state index contributed by atoms with van der Waals surface area (Å²) in [6, 6.07) is 17.3. The minimum Gasteiger partial charge on any atom is -0.507 e. The molecule has 1 atom stereocenters. The van der Waals surface area contributed by atoms with Crippen LogP contribution in [0.25, 0.3) is 5.76 Å². The lowest BCUT2D eigenvalue weighted by molar-refractivity contribution is -0.132. The van der Waals surface area contributed by atoms with Crippen LogP contribution in [0.15, 0.2) is 78.6 Å². The second kappa shape index (κ2) is 7.36. The van der Waals surface area contributed by atoms with Gasteiger partial charge < -0.3 is 5.11 Å². The molecule has 1 aromatic heterocycles. The van der Waals surface area contributed by atoms with Crippen molar-refractivity contribution in [1.29, 1.82) is 0 Å². The van der Waals surface area contributed by atoms with Crippen molar-refractivity contribution in [3.05, 3.63) is 101 Å². The minimum absolute atomic E-state index is 0.0763. The van der Waals surface area contributed by atoms with E-state index in [1.807, 2.05) is 38.1 Å². The molecule has 2 heterocycles. The fourth-order valence-corrected chi connectivity index (χ4v) is 3.77. The summed E-state index contributed by atoms with van der Waals surface area (Å²) in [5.41, 5.74) is 3.86. The molecule has 0 saturated carbocycles. The molecule has 1 unspecified atom stereocenters. The summed E-state index contributed by atoms with van der Waals surface area (Å²) in [5.74, 6) is -1.54. The van der Waals surface area contributed by atoms with Gasteiger partial charge in [-0.15, -0.1) is 0 Å². The molecule has 1 aliphatic rings. The van der Waals surface area contributed by atoms with E-state index in [0.29, 0.717) is 16.8 Å². The Bertz CT molecular complexity index is 1120. The predicted octanol–water partition coefficient (Wildman–Crippen LogP) is 4.32. The van der Waals surface area contributed by atoms with Gasteiger partial charge in [-0.25, -0.2) is 0 Å². The average molecular weight is 384 g/mol. The molecule has 1 aliphatic heterocycles. The molecule has 4 rings (SSSR count). The summed E-state index contributed by atoms with van der Waals surface area (Å²) in [6.07, 6.45) is 3.22. The molecule has 3 aromatic rings. The van der Waals surface area contributed by atoms with E-state index >= 15 is 0 Å². The highest BCUT2D eigenvalue weighted by molar-refractivity contribution is 6.51. The fraction of sp³-hybridized carbons (Fsp3) is 0.125. The molecule has 1 fully saturated rings. The summed E-state index contributed by atoms with van der Waals surface area (Å²) in [6.45, 7) is 3.88. The van der Waals surface area contributed by atoms with E-state index in [4.69, 9.17) is 0 Å². The van der Waals surface area contributed by atoms with Crippen LogP contribution in [-0.4, -0.2) is 21.8 Å². The van der Waals surface area contributed by atoms with Crippen molar-refractivity contribution in [3.8, 4) is 0 Å². The van der Waals surface area contributed by atoms with E-state index in [9.17, 15) is 14.7 Å². The zero-order valence-corrected chi connectivity index (χ0v) is 16.2. The average Bonchev–Trinajstić information content (AvgIpc) is 3.00. The first-order chi connectivity index (χ1) is 14.0. The molecule has 1 N–H and O–H groups in total. The lowest BCUT2D eigenvalue weighted by atomic mass is 9.95. The number of nitrogens with zero attached hydrogens (tertiary/aromatic N) is 2. The number of ketones is 1. The molecule has 1 amide bonds. The molecule has 0 aliphatic carbocycles. The van der Waals surface area contributed by atoms with E-state index in [1.165, 1.54) is 4.90 Å². The molecule has 5 heteroatoms. The van der Waals surface area contributed by atoms with Gasteiger partial charge in [-0.1, -0.05) is 48.0 Å². The number of aliphatic hydroxyl groups is 1. The van der Waals surface area contributed by atoms with Crippen LogP contribution in [0, 0.1) is 13.8 Å². The van der Waals surface area contributed by atoms with E-state index in [1.54, 1.807) is 48.8 Å². The van der Waals surface area contributed by atoms with Gasteiger partial charge >= 0.3 is 0 Å². The largest absolute Gasteiger partial charge is 0.507 e. The van der Waals surface area contributed by atoms with Crippen LogP contribution in [0.5, 0.6) is 0 Å². The monoisotopic (exact) mass is 384 g/mol. The van der Waals surface area contributed by atoms with Crippen LogP contribution in [0.2, 0.25) is 0 Å². The number of aryl methyl sites for hydroxylation is 2. The Labute approximate surface area is 169 Å². The van der Waals surface area contributed by atoms with E-state index in [2.05, 4.69) is 4.98 Å². The van der Waals surface area contributed by atoms with E-state index in [0.717, 1.165) is 11.1 Å². The van der Waals surface area contributed by atoms with Gasteiger partial charge in [-0.3, -0.25) is 19.5 Å². The van der Waals surface area contributed by atoms with Crippen molar-refractivity contribution in [2.45, 2.75) is 19.9 Å². The number of aliphatic hydroxyl groups excluding tert-OH is 1. The van der Waals surface area contributed by atoms with Crippen molar-refractivity contribution in [2.75, 3.05) is 4.90 Å². The molecule has 5 nitrogen and oxygen atoms in total. The number of aromatic nitrogens is 1. The highest BCUT2D eigenvalue weighted by Gasteiger charge is 2.47. The molecule has 2 aromatic carbocycles. The van der Waals surface area contributed by atoms with Gasteiger partial charge in [-0.2, -0.15) is 0 Å². The van der Waals surface area contributed by atoms with E-state index in [-0.39, 0.29) is 11.3 Å². The van der Waals surface area contributed by atoms with Gasteiger partial charge in [0.05, 0.1) is 11.6 Å². The van der Waals surface area contributed by atoms with Crippen molar-refractivity contribution < 1.29 is 14.7 Å². The van der Waals surface area contributed by atoms with Crippen molar-refractivity contribution >= 4 is 23.1 Å². The Hall–Kier alpha value is -3.73. The number of benzene rings is 2. The zero-order chi connectivity index (χ0) is 20.5. The van der Waals surface area contributed by atoms with Gasteiger partial charge in [0.1, 0.15) is 5.76 Å². The maximum absolute atomic E-state index is 13.1. The zero-order valence-electron chi connectivity index (χ0n) is 16.2. The van der Waals surface area contributed by atoms with Crippen LogP contribution < -0.4 is 4.90 Å². The molecule has 1 saturated heterocycles. The van der Waals surface area contributed by atoms with Crippen molar-refractivity contribution in [3.63, 3.8) is 0 Å². The lowest BCUT2D eigenvalue weighted by Gasteiger charge is -2.27. The Balaban J connectivity index is 1.97. The maximum atomic E-state index is 13.1. The third-order valence-electron chi connectivity index (χ3n) is 5.13. The van der Waals surface area contributed by atoms with Crippen LogP contribution in [-0.2, 0) is 9.59 Å². The van der Waals surface area contributed by atoms with Gasteiger partial charge in [0.25, 0.3) is 11.7 Å². The summed E-state index contributed by atoms with van der Waals surface area (Å²) in [4.78, 5) is 31.6. The van der Waals surface area contributed by atoms with Gasteiger partial charge in [-0.05, 0) is 43.2 Å². The smallest absolute Gasteiger partial charge is 0.300 e. The van der Waals surface area contributed by atoms with Gasteiger partial charge in [0.2, 0.25) is 0 Å². The second-order valence-corrected chi connectivity index (χ2v) is 7.11. The Morgan fingerprint density at radius 1 is 0.966 bits per heavy atom. The number of rotatable bonds is 3. The van der Waals surface area contributed by atoms with Crippen molar-refractivity contribution in [2.24, 2.45) is 0 Å². The third kappa shape index (κ3) is 3.21. The van der Waals surface area contributed by atoms with Gasteiger partial charge in [0, 0.05) is 23.6 Å². The quantitative estimate of drug-likeness (QED) is 0.415. The second-order valence-electron chi connectivity index (χ2n) is 7.11. The SMILES string of the molecule is Cc1ccc(N2C(=O)C(=O)/C(=C(/O)c3ccccc3)C2c2ccncc2)c(C)c1. The number of hydrogen-bond acceptors (Lipinski definition) is 4. The minimum atomic E-state index is -0.736. The number of carbonyl (C=O) groups excluding carboxylic acids is 2. The number of Topliss-reactive ketones (excluding diaryl/α,β-unsaturated/α-hetero) is 1. The maximum Gasteiger partial charge on any atom is 0.300 e. The summed E-state index contributed by atoms with van der Waals surface area (Å²) < 4.78 is 0. The topological polar surface area (TPSA) is 70.5 Å². The normalized spacial score (nSPS) is 18.3. The van der Waals surface area contributed by atoms with Crippen LogP contribution in [0.1, 0.15) is 28.3 Å². The molecule has 29 heavy (non-hydrogen) atoms. The molecule has 0 bridgehead atoms. The fourth-order valence-electron chi connectivity index (χ4n) is 3.77. The summed E-state index contributed by atoms with van der Waals surface area (Å²) in [7, 11) is 0. The number of hydrogen-bond donors (Lipinski definition) is 1. The first-order valence-electron chi connectivity index (χ1n) is 9.32. The molecular weight excluding hydrogens is 364 g/mol. The molecule has 0 radical (unpaired) electrons. The first-order valence-corrected chi connectivity index (χ1v) is 9.32. The number of pyridine rings is 1. The first kappa shape index (κ1) is 18.6. The summed E-state index contributed by atoms with van der Waals surface area (Å²) in [5, 5.41) is 11.0. The Morgan fingerprint density at radius 2 is 1.66 bits per heavy atom. The number of amides is 1. The number of anilines is 1. The standard InChI is InChI=1S/C24H20N2O3/c1-15-8-9-19(16(2)14-15)26-21(17-10-12-25-13-11-17)20(23(28)24(26)29)22(27)18-6-4-3-5-7-18/h3-14,21,27H,1-2H3/b22-20+. The van der Waals surface area contributed by atoms with Crippen LogP contribution in [0.4, 0.5) is 5.69 Å². The summed E-state index contributed by atoms with van der Waals surface area (Å²) >= 11 is 0. The predicted molar refractivity (Wildman–Crippen MR) is 111 cm³/mol. The third-order valence-corrected chi connectivity index (χ3v) is 5.13. The highest BCUT2D eigenvalue weighted by atomic mass is 16.3. The van der Waals surface area contributed by atoms with E-state index < -0.39 is 17.7 Å². The van der Waals surface area contributed by atoms with Crippen LogP contribution in [0.3, 0.4) is 0 Å². The Kier molecular flexibility index (Phi) is 4.72. The lowest BCUT2D eigenvalue weighted by Crippen LogP contribution is -2.30. The molecular formula is C24H20N2O3. The van der Waals surface area contributed by atoms with Crippen LogP contribution >= 0.6 is 0 Å². The van der Waals surface area contributed by atoms with Crippen molar-refractivity contribution in [1.82, 2.24) is 4.98 Å². The Morgan fingerprint density at radius 3 is 2.31 bits per heavy atom. The van der Waals surface area contributed by atoms with Gasteiger partial charge in [0.15, 0.2) is 0 Å². The molecule has 0 spiro atoms. The molecule has 144 valence electrons. The number of carbonyl (C=O) groups is 2.